The smallest absolute Gasteiger partial charge is 0.249 e. The van der Waals surface area contributed by atoms with Crippen LogP contribution in [0.4, 0.5) is 0 Å². The third-order valence-corrected chi connectivity index (χ3v) is 4.77. The maximum absolute atomic E-state index is 10.2. The van der Waals surface area contributed by atoms with E-state index in [0.29, 0.717) is 23.3 Å². The number of benzene rings is 1. The predicted octanol–water partition coefficient (Wildman–Crippen LogP) is 3.52. The minimum absolute atomic E-state index is 0.171. The number of aliphatic hydroxyl groups is 1. The van der Waals surface area contributed by atoms with Crippen molar-refractivity contribution in [1.29, 1.82) is 0 Å². The molecule has 0 amide bonds. The lowest BCUT2D eigenvalue weighted by molar-refractivity contribution is 0.0155. The van der Waals surface area contributed by atoms with Gasteiger partial charge in [0.15, 0.2) is 0 Å². The van der Waals surface area contributed by atoms with Crippen molar-refractivity contribution in [1.82, 2.24) is 15.1 Å². The van der Waals surface area contributed by atoms with E-state index in [1.54, 1.807) is 6.07 Å². The Bertz CT molecular complexity index is 646. The molecule has 1 aliphatic rings. The number of nitrogens with zero attached hydrogens (tertiary/aromatic N) is 3. The molecule has 1 aromatic carbocycles. The minimum atomic E-state index is -0.304. The van der Waals surface area contributed by atoms with Crippen LogP contribution < -0.4 is 0 Å². The van der Waals surface area contributed by atoms with Gasteiger partial charge >= 0.3 is 0 Å². The molecule has 1 aliphatic heterocycles. The number of aromatic nitrogens is 2. The van der Waals surface area contributed by atoms with Gasteiger partial charge in [0.25, 0.3) is 0 Å². The summed E-state index contributed by atoms with van der Waals surface area (Å²) in [4.78, 5) is 2.25. The second-order valence-corrected chi connectivity index (χ2v) is 6.40. The zero-order chi connectivity index (χ0) is 16.2. The van der Waals surface area contributed by atoms with Gasteiger partial charge < -0.3 is 9.52 Å². The number of likely N-dealkylation sites (tertiary alicyclic amines) is 1. The van der Waals surface area contributed by atoms with Crippen molar-refractivity contribution in [2.24, 2.45) is 0 Å². The van der Waals surface area contributed by atoms with Crippen LogP contribution >= 0.6 is 11.6 Å². The van der Waals surface area contributed by atoms with E-state index in [4.69, 9.17) is 16.0 Å². The lowest BCUT2D eigenvalue weighted by Gasteiger charge is -2.37. The fourth-order valence-corrected chi connectivity index (χ4v) is 3.37. The third-order valence-electron chi connectivity index (χ3n) is 4.44. The van der Waals surface area contributed by atoms with E-state index in [-0.39, 0.29) is 12.1 Å². The average molecular weight is 336 g/mol. The molecule has 1 N–H and O–H groups in total. The summed E-state index contributed by atoms with van der Waals surface area (Å²) in [5.74, 6) is 1.00. The fraction of sp³-hybridized carbons (Fsp3) is 0.529. The largest absolute Gasteiger partial charge is 0.419 e. The van der Waals surface area contributed by atoms with Crippen LogP contribution in [0.5, 0.6) is 0 Å². The lowest BCUT2D eigenvalue weighted by atomic mass is 9.96. The Labute approximate surface area is 141 Å². The van der Waals surface area contributed by atoms with Gasteiger partial charge in [-0.25, -0.2) is 0 Å². The standard InChI is InChI=1S/C17H22ClN3O2/c1-2-15(22)14-9-5-6-10-21(14)11-16-19-20-17(23-16)12-7-3-4-8-13(12)18/h3-4,7-8,14-15,22H,2,5-6,9-11H2,1H3. The van der Waals surface area contributed by atoms with E-state index in [9.17, 15) is 5.11 Å². The maximum Gasteiger partial charge on any atom is 0.249 e. The number of hydrogen-bond donors (Lipinski definition) is 1. The number of piperidine rings is 1. The predicted molar refractivity (Wildman–Crippen MR) is 89.1 cm³/mol. The van der Waals surface area contributed by atoms with Gasteiger partial charge in [0, 0.05) is 6.04 Å². The summed E-state index contributed by atoms with van der Waals surface area (Å²) in [5, 5.41) is 19.1. The van der Waals surface area contributed by atoms with Crippen LogP contribution in [0.2, 0.25) is 5.02 Å². The van der Waals surface area contributed by atoms with E-state index < -0.39 is 0 Å². The van der Waals surface area contributed by atoms with Crippen LogP contribution in [0.1, 0.15) is 38.5 Å². The van der Waals surface area contributed by atoms with Gasteiger partial charge in [-0.3, -0.25) is 4.90 Å². The van der Waals surface area contributed by atoms with Crippen molar-refractivity contribution < 1.29 is 9.52 Å². The Morgan fingerprint density at radius 1 is 1.35 bits per heavy atom. The van der Waals surface area contributed by atoms with Gasteiger partial charge in [0.1, 0.15) is 0 Å². The highest BCUT2D eigenvalue weighted by Crippen LogP contribution is 2.28. The molecule has 0 bridgehead atoms. The maximum atomic E-state index is 10.2. The molecule has 0 saturated carbocycles. The summed E-state index contributed by atoms with van der Waals surface area (Å²) >= 11 is 6.17. The first-order valence-corrected chi connectivity index (χ1v) is 8.56. The van der Waals surface area contributed by atoms with E-state index >= 15 is 0 Å². The van der Waals surface area contributed by atoms with Crippen LogP contribution in [-0.4, -0.2) is 38.9 Å². The molecular weight excluding hydrogens is 314 g/mol. The molecule has 23 heavy (non-hydrogen) atoms. The van der Waals surface area contributed by atoms with Crippen molar-refractivity contribution in [2.45, 2.75) is 51.3 Å². The lowest BCUT2D eigenvalue weighted by Crippen LogP contribution is -2.46. The van der Waals surface area contributed by atoms with Gasteiger partial charge in [0.2, 0.25) is 11.8 Å². The minimum Gasteiger partial charge on any atom is -0.419 e. The van der Waals surface area contributed by atoms with Gasteiger partial charge in [-0.15, -0.1) is 10.2 Å². The Morgan fingerprint density at radius 3 is 2.96 bits per heavy atom. The summed E-state index contributed by atoms with van der Waals surface area (Å²) in [7, 11) is 0. The molecule has 0 radical (unpaired) electrons. The molecule has 2 aromatic rings. The van der Waals surface area contributed by atoms with Crippen LogP contribution in [-0.2, 0) is 6.54 Å². The second kappa shape index (κ2) is 7.43. The molecule has 0 spiro atoms. The summed E-state index contributed by atoms with van der Waals surface area (Å²) < 4.78 is 5.79. The highest BCUT2D eigenvalue weighted by molar-refractivity contribution is 6.33. The molecule has 0 aliphatic carbocycles. The van der Waals surface area contributed by atoms with Crippen molar-refractivity contribution in [3.05, 3.63) is 35.2 Å². The molecule has 2 unspecified atom stereocenters. The fourth-order valence-electron chi connectivity index (χ4n) is 3.16. The van der Waals surface area contributed by atoms with Crippen molar-refractivity contribution in [2.75, 3.05) is 6.54 Å². The Balaban J connectivity index is 1.74. The Hall–Kier alpha value is -1.43. The highest BCUT2D eigenvalue weighted by atomic mass is 35.5. The zero-order valence-corrected chi connectivity index (χ0v) is 14.0. The monoisotopic (exact) mass is 335 g/mol. The Morgan fingerprint density at radius 2 is 2.17 bits per heavy atom. The van der Waals surface area contributed by atoms with Gasteiger partial charge in [-0.05, 0) is 37.9 Å². The van der Waals surface area contributed by atoms with E-state index in [1.807, 2.05) is 25.1 Å². The van der Waals surface area contributed by atoms with Crippen LogP contribution in [0.3, 0.4) is 0 Å². The van der Waals surface area contributed by atoms with Gasteiger partial charge in [-0.2, -0.15) is 0 Å². The van der Waals surface area contributed by atoms with E-state index in [2.05, 4.69) is 15.1 Å². The third kappa shape index (κ3) is 3.74. The highest BCUT2D eigenvalue weighted by Gasteiger charge is 2.29. The molecule has 1 saturated heterocycles. The van der Waals surface area contributed by atoms with Crippen LogP contribution in [0.25, 0.3) is 11.5 Å². The molecule has 3 rings (SSSR count). The molecule has 1 aromatic heterocycles. The second-order valence-electron chi connectivity index (χ2n) is 5.99. The zero-order valence-electron chi connectivity index (χ0n) is 13.3. The molecule has 1 fully saturated rings. The van der Waals surface area contributed by atoms with Crippen molar-refractivity contribution in [3.8, 4) is 11.5 Å². The number of halogens is 1. The molecular formula is C17H22ClN3O2. The summed E-state index contributed by atoms with van der Waals surface area (Å²) in [6.45, 7) is 3.53. The number of aliphatic hydroxyl groups excluding tert-OH is 1. The molecule has 124 valence electrons. The summed E-state index contributed by atoms with van der Waals surface area (Å²) in [6.07, 6.45) is 3.77. The topological polar surface area (TPSA) is 62.4 Å². The van der Waals surface area contributed by atoms with Crippen LogP contribution in [0.15, 0.2) is 28.7 Å². The number of hydrogen-bond acceptors (Lipinski definition) is 5. The van der Waals surface area contributed by atoms with E-state index in [1.165, 1.54) is 0 Å². The molecule has 2 atom stereocenters. The first kappa shape index (κ1) is 16.4. The van der Waals surface area contributed by atoms with Crippen molar-refractivity contribution in [3.63, 3.8) is 0 Å². The average Bonchev–Trinajstić information content (AvgIpc) is 3.03. The Kier molecular flexibility index (Phi) is 5.30. The normalized spacial score (nSPS) is 20.6. The van der Waals surface area contributed by atoms with Crippen molar-refractivity contribution >= 4 is 11.6 Å². The van der Waals surface area contributed by atoms with Crippen LogP contribution in [0, 0.1) is 0 Å². The molecule has 5 nitrogen and oxygen atoms in total. The summed E-state index contributed by atoms with van der Waals surface area (Å²) in [6, 6.07) is 7.60. The summed E-state index contributed by atoms with van der Waals surface area (Å²) in [5.41, 5.74) is 0.747. The molecule has 2 heterocycles. The SMILES string of the molecule is CCC(O)C1CCCCN1Cc1nnc(-c2ccccc2Cl)o1. The first-order valence-electron chi connectivity index (χ1n) is 8.18. The van der Waals surface area contributed by atoms with Gasteiger partial charge in [-0.1, -0.05) is 37.1 Å². The quantitative estimate of drug-likeness (QED) is 0.905. The first-order chi connectivity index (χ1) is 11.2. The molecule has 6 heteroatoms. The number of rotatable bonds is 5. The van der Waals surface area contributed by atoms with E-state index in [0.717, 1.165) is 37.8 Å². The van der Waals surface area contributed by atoms with Gasteiger partial charge in [0.05, 0.1) is 23.2 Å².